The zero-order valence-corrected chi connectivity index (χ0v) is 22.8. The number of aromatic nitrogens is 2. The van der Waals surface area contributed by atoms with Gasteiger partial charge in [0.05, 0.1) is 23.7 Å². The average molecular weight is 562 g/mol. The van der Waals surface area contributed by atoms with Gasteiger partial charge in [-0.3, -0.25) is 14.7 Å². The summed E-state index contributed by atoms with van der Waals surface area (Å²) < 4.78 is 50.8. The van der Waals surface area contributed by atoms with Gasteiger partial charge in [-0.05, 0) is 51.3 Å². The van der Waals surface area contributed by atoms with Crippen LogP contribution in [0, 0.1) is 0 Å². The van der Waals surface area contributed by atoms with Crippen molar-refractivity contribution in [3.05, 3.63) is 53.5 Å². The Bertz CT molecular complexity index is 1210. The molecule has 40 heavy (non-hydrogen) atoms. The molecule has 1 aromatic carbocycles. The molecular formula is C28H34F3N5O4. The first-order valence-electron chi connectivity index (χ1n) is 13.5. The van der Waals surface area contributed by atoms with Crippen LogP contribution < -0.4 is 10.1 Å². The van der Waals surface area contributed by atoms with Crippen LogP contribution >= 0.6 is 0 Å². The summed E-state index contributed by atoms with van der Waals surface area (Å²) in [6.07, 6.45) is 0.970. The van der Waals surface area contributed by atoms with Crippen LogP contribution in [0.4, 0.5) is 18.0 Å². The van der Waals surface area contributed by atoms with Crippen molar-refractivity contribution in [2.24, 2.45) is 0 Å². The molecule has 1 N–H and O–H groups in total. The Morgan fingerprint density at radius 1 is 1.02 bits per heavy atom. The molecule has 5 rings (SSSR count). The summed E-state index contributed by atoms with van der Waals surface area (Å²) in [6.45, 7) is 7.17. The normalized spacial score (nSPS) is 22.4. The maximum atomic E-state index is 13.7. The lowest BCUT2D eigenvalue weighted by Crippen LogP contribution is -2.54. The lowest BCUT2D eigenvalue weighted by Gasteiger charge is -2.38. The van der Waals surface area contributed by atoms with E-state index in [1.54, 1.807) is 38.1 Å². The lowest BCUT2D eigenvalue weighted by atomic mass is 10.0. The Kier molecular flexibility index (Phi) is 7.64. The van der Waals surface area contributed by atoms with Crippen molar-refractivity contribution < 1.29 is 32.2 Å². The van der Waals surface area contributed by atoms with E-state index in [2.05, 4.69) is 20.2 Å². The van der Waals surface area contributed by atoms with Crippen molar-refractivity contribution in [3.63, 3.8) is 0 Å². The maximum Gasteiger partial charge on any atom is 0.416 e. The van der Waals surface area contributed by atoms with E-state index in [0.29, 0.717) is 44.4 Å². The van der Waals surface area contributed by atoms with Gasteiger partial charge in [-0.25, -0.2) is 9.78 Å². The second-order valence-electron chi connectivity index (χ2n) is 11.7. The summed E-state index contributed by atoms with van der Waals surface area (Å²) in [5.74, 6) is 0.587. The number of benzene rings is 1. The van der Waals surface area contributed by atoms with Crippen LogP contribution in [0.2, 0.25) is 0 Å². The zero-order valence-electron chi connectivity index (χ0n) is 22.8. The number of alkyl carbamates (subject to hydrolysis) is 1. The molecule has 1 aromatic heterocycles. The Hall–Kier alpha value is -3.41. The summed E-state index contributed by atoms with van der Waals surface area (Å²) in [6, 6.07) is 3.09. The molecule has 1 aliphatic carbocycles. The Labute approximate surface area is 231 Å². The van der Waals surface area contributed by atoms with Crippen molar-refractivity contribution in [2.75, 3.05) is 26.2 Å². The number of carbonyl (C=O) groups is 2. The van der Waals surface area contributed by atoms with Gasteiger partial charge in [-0.1, -0.05) is 12.1 Å². The molecule has 2 aromatic rings. The van der Waals surface area contributed by atoms with E-state index in [-0.39, 0.29) is 17.7 Å². The smallest absolute Gasteiger partial charge is 0.416 e. The van der Waals surface area contributed by atoms with Gasteiger partial charge in [-0.2, -0.15) is 13.2 Å². The fourth-order valence-corrected chi connectivity index (χ4v) is 5.19. The quantitative estimate of drug-likeness (QED) is 0.562. The van der Waals surface area contributed by atoms with E-state index in [1.165, 1.54) is 12.1 Å². The summed E-state index contributed by atoms with van der Waals surface area (Å²) in [5.41, 5.74) is -0.414. The van der Waals surface area contributed by atoms with Gasteiger partial charge in [0.25, 0.3) is 0 Å². The van der Waals surface area contributed by atoms with Crippen LogP contribution in [0.15, 0.2) is 36.7 Å². The molecule has 2 aliphatic heterocycles. The number of carbonyl (C=O) groups excluding carboxylic acids is 2. The van der Waals surface area contributed by atoms with Crippen LogP contribution in [-0.2, 0) is 15.7 Å². The minimum Gasteiger partial charge on any atom is -0.472 e. The van der Waals surface area contributed by atoms with E-state index in [9.17, 15) is 22.8 Å². The molecule has 216 valence electrons. The first-order valence-corrected chi connectivity index (χ1v) is 13.5. The number of piperazine rings is 1. The second-order valence-corrected chi connectivity index (χ2v) is 11.7. The molecule has 3 aliphatic rings. The van der Waals surface area contributed by atoms with Crippen LogP contribution in [0.1, 0.15) is 68.8 Å². The highest BCUT2D eigenvalue weighted by atomic mass is 19.4. The van der Waals surface area contributed by atoms with Gasteiger partial charge in [0, 0.05) is 44.6 Å². The zero-order chi connectivity index (χ0) is 28.7. The number of hydrogen-bond acceptors (Lipinski definition) is 7. The summed E-state index contributed by atoms with van der Waals surface area (Å²) in [4.78, 5) is 39.1. The standard InChI is InChI=1S/C28H34F3N5O4/c1-27(2,3)40-26(38)34-24(18-6-8-19(9-7-18)28(29,30)31)25(37)36-11-10-35-16-21(12-20(35)15-36)39-23-14-32-22(13-33-23)17-4-5-17/h6-9,13-14,17,20-21,24H,4-5,10-12,15-16H2,1-3H3,(H,34,38)/t20-,21+,24?/m0/s1. The number of fused-ring (bicyclic) bond motifs is 1. The number of alkyl halides is 3. The maximum absolute atomic E-state index is 13.7. The van der Waals surface area contributed by atoms with Crippen LogP contribution in [0.3, 0.4) is 0 Å². The minimum absolute atomic E-state index is 0.0381. The van der Waals surface area contributed by atoms with Gasteiger partial charge in [0.1, 0.15) is 17.7 Å². The van der Waals surface area contributed by atoms with Gasteiger partial charge < -0.3 is 19.7 Å². The van der Waals surface area contributed by atoms with E-state index < -0.39 is 35.4 Å². The molecule has 12 heteroatoms. The fraction of sp³-hybridized carbons (Fsp3) is 0.571. The Morgan fingerprint density at radius 3 is 2.35 bits per heavy atom. The molecule has 0 radical (unpaired) electrons. The van der Waals surface area contributed by atoms with E-state index in [1.807, 2.05) is 0 Å². The third-order valence-electron chi connectivity index (χ3n) is 7.30. The molecule has 2 amide bonds. The third-order valence-corrected chi connectivity index (χ3v) is 7.30. The predicted octanol–water partition coefficient (Wildman–Crippen LogP) is 4.30. The van der Waals surface area contributed by atoms with Gasteiger partial charge in [0.15, 0.2) is 0 Å². The van der Waals surface area contributed by atoms with Crippen molar-refractivity contribution >= 4 is 12.0 Å². The fourth-order valence-electron chi connectivity index (χ4n) is 5.19. The molecule has 3 atom stereocenters. The second kappa shape index (κ2) is 10.9. The molecule has 9 nitrogen and oxygen atoms in total. The average Bonchev–Trinajstić information content (AvgIpc) is 3.65. The van der Waals surface area contributed by atoms with Crippen LogP contribution in [0.5, 0.6) is 5.88 Å². The van der Waals surface area contributed by atoms with E-state index in [4.69, 9.17) is 9.47 Å². The minimum atomic E-state index is -4.51. The van der Waals surface area contributed by atoms with Crippen LogP contribution in [-0.4, -0.2) is 75.7 Å². The largest absolute Gasteiger partial charge is 0.472 e. The SMILES string of the molecule is CC(C)(C)OC(=O)NC(C(=O)N1CCN2C[C@H](Oc3cnc(C4CC4)cn3)C[C@H]2C1)c1ccc(C(F)(F)F)cc1. The third kappa shape index (κ3) is 6.83. The Morgan fingerprint density at radius 2 is 1.75 bits per heavy atom. The first kappa shape index (κ1) is 28.1. The van der Waals surface area contributed by atoms with Crippen molar-refractivity contribution in [2.45, 2.75) is 75.9 Å². The monoisotopic (exact) mass is 561 g/mol. The first-order chi connectivity index (χ1) is 18.9. The van der Waals surface area contributed by atoms with Crippen molar-refractivity contribution in [1.82, 2.24) is 25.1 Å². The van der Waals surface area contributed by atoms with Crippen molar-refractivity contribution in [1.29, 1.82) is 0 Å². The van der Waals surface area contributed by atoms with Crippen molar-refractivity contribution in [3.8, 4) is 5.88 Å². The highest BCUT2D eigenvalue weighted by molar-refractivity contribution is 5.87. The molecule has 3 heterocycles. The molecule has 0 bridgehead atoms. The molecular weight excluding hydrogens is 527 g/mol. The van der Waals surface area contributed by atoms with Crippen LogP contribution in [0.25, 0.3) is 0 Å². The number of hydrogen-bond donors (Lipinski definition) is 1. The highest BCUT2D eigenvalue weighted by Crippen LogP contribution is 2.38. The lowest BCUT2D eigenvalue weighted by molar-refractivity contribution is -0.137. The van der Waals surface area contributed by atoms with Gasteiger partial charge in [0.2, 0.25) is 11.8 Å². The number of amides is 2. The predicted molar refractivity (Wildman–Crippen MR) is 139 cm³/mol. The van der Waals surface area contributed by atoms with E-state index in [0.717, 1.165) is 30.7 Å². The van der Waals surface area contributed by atoms with E-state index >= 15 is 0 Å². The molecule has 3 fully saturated rings. The number of nitrogens with zero attached hydrogens (tertiary/aromatic N) is 4. The topological polar surface area (TPSA) is 96.9 Å². The number of nitrogens with one attached hydrogen (secondary N) is 1. The Balaban J connectivity index is 1.25. The summed E-state index contributed by atoms with van der Waals surface area (Å²) >= 11 is 0. The number of halogens is 3. The van der Waals surface area contributed by atoms with Gasteiger partial charge in [-0.15, -0.1) is 0 Å². The molecule has 1 unspecified atom stereocenters. The van der Waals surface area contributed by atoms with Gasteiger partial charge >= 0.3 is 12.3 Å². The molecule has 1 saturated carbocycles. The summed E-state index contributed by atoms with van der Waals surface area (Å²) in [7, 11) is 0. The summed E-state index contributed by atoms with van der Waals surface area (Å²) in [5, 5.41) is 2.58. The molecule has 2 saturated heterocycles. The number of rotatable bonds is 6. The highest BCUT2D eigenvalue weighted by Gasteiger charge is 2.41. The molecule has 0 spiro atoms. The number of ether oxygens (including phenoxy) is 2.